The van der Waals surface area contributed by atoms with E-state index in [1.54, 1.807) is 24.3 Å². The normalized spacial score (nSPS) is 13.9. The Kier molecular flexibility index (Phi) is 7.59. The molecule has 2 N–H and O–H groups in total. The Balaban J connectivity index is 1.40. The molecule has 0 heterocycles. The number of sulfone groups is 1. The van der Waals surface area contributed by atoms with Gasteiger partial charge in [-0.15, -0.1) is 0 Å². The van der Waals surface area contributed by atoms with Gasteiger partial charge in [0.1, 0.15) is 13.2 Å². The highest BCUT2D eigenvalue weighted by atomic mass is 32.2. The Labute approximate surface area is 210 Å². The molecule has 0 aliphatic heterocycles. The SMILES string of the molecule is CNC(=O)OCC1c2ccccc2-c2c(CNC(=O)OCCS(=O)(=O)c3ccc(C)cc3)cccc21. The van der Waals surface area contributed by atoms with E-state index >= 15 is 0 Å². The molecular weight excluding hydrogens is 480 g/mol. The molecule has 3 aromatic carbocycles. The van der Waals surface area contributed by atoms with Gasteiger partial charge in [-0.05, 0) is 46.9 Å². The summed E-state index contributed by atoms with van der Waals surface area (Å²) in [5, 5.41) is 5.17. The molecule has 3 aromatic rings. The van der Waals surface area contributed by atoms with Gasteiger partial charge in [-0.1, -0.05) is 60.2 Å². The van der Waals surface area contributed by atoms with E-state index in [1.165, 1.54) is 7.05 Å². The van der Waals surface area contributed by atoms with E-state index in [9.17, 15) is 18.0 Å². The van der Waals surface area contributed by atoms with Gasteiger partial charge in [-0.25, -0.2) is 18.0 Å². The maximum Gasteiger partial charge on any atom is 0.407 e. The van der Waals surface area contributed by atoms with Gasteiger partial charge in [0.05, 0.1) is 10.6 Å². The third-order valence-electron chi connectivity index (χ3n) is 6.14. The van der Waals surface area contributed by atoms with Crippen molar-refractivity contribution in [3.8, 4) is 11.1 Å². The van der Waals surface area contributed by atoms with E-state index in [0.29, 0.717) is 0 Å². The lowest BCUT2D eigenvalue weighted by molar-refractivity contribution is 0.145. The standard InChI is InChI=1S/C27H28N2O6S/c1-18-10-12-20(13-11-18)36(32,33)15-14-34-27(31)29-16-19-6-5-9-23-24(17-35-26(30)28-2)21-7-3-4-8-22(21)25(19)23/h3-13,24H,14-17H2,1-2H3,(H,28,30)(H,29,31). The van der Waals surface area contributed by atoms with Crippen molar-refractivity contribution in [2.75, 3.05) is 26.0 Å². The number of alkyl carbamates (subject to hydrolysis) is 2. The molecule has 36 heavy (non-hydrogen) atoms. The van der Waals surface area contributed by atoms with Gasteiger partial charge in [-0.3, -0.25) is 0 Å². The van der Waals surface area contributed by atoms with E-state index in [4.69, 9.17) is 9.47 Å². The molecule has 1 aliphatic carbocycles. The summed E-state index contributed by atoms with van der Waals surface area (Å²) in [6.07, 6.45) is -1.19. The number of hydrogen-bond donors (Lipinski definition) is 2. The Hall–Kier alpha value is -3.85. The average molecular weight is 509 g/mol. The summed E-state index contributed by atoms with van der Waals surface area (Å²) in [6.45, 7) is 2.02. The first-order valence-corrected chi connectivity index (χ1v) is 13.2. The van der Waals surface area contributed by atoms with Crippen molar-refractivity contribution in [3.05, 3.63) is 89.0 Å². The van der Waals surface area contributed by atoms with Crippen LogP contribution in [0.1, 0.15) is 28.2 Å². The predicted octanol–water partition coefficient (Wildman–Crippen LogP) is 4.16. The van der Waals surface area contributed by atoms with E-state index in [1.807, 2.05) is 49.4 Å². The number of aryl methyl sites for hydroxylation is 1. The smallest absolute Gasteiger partial charge is 0.407 e. The van der Waals surface area contributed by atoms with Crippen molar-refractivity contribution in [2.45, 2.75) is 24.3 Å². The van der Waals surface area contributed by atoms with Crippen LogP contribution in [0.3, 0.4) is 0 Å². The number of benzene rings is 3. The summed E-state index contributed by atoms with van der Waals surface area (Å²) in [4.78, 5) is 24.2. The topological polar surface area (TPSA) is 111 Å². The zero-order valence-corrected chi connectivity index (χ0v) is 20.9. The first kappa shape index (κ1) is 25.2. The highest BCUT2D eigenvalue weighted by Gasteiger charge is 2.31. The van der Waals surface area contributed by atoms with E-state index < -0.39 is 22.0 Å². The summed E-state index contributed by atoms with van der Waals surface area (Å²) in [6, 6.07) is 20.3. The van der Waals surface area contributed by atoms with Gasteiger partial charge in [0.25, 0.3) is 0 Å². The largest absolute Gasteiger partial charge is 0.449 e. The van der Waals surface area contributed by atoms with Crippen LogP contribution in [-0.2, 0) is 25.9 Å². The molecule has 0 radical (unpaired) electrons. The molecule has 9 heteroatoms. The molecule has 1 atom stereocenters. The van der Waals surface area contributed by atoms with Crippen LogP contribution in [0.25, 0.3) is 11.1 Å². The van der Waals surface area contributed by atoms with Crippen LogP contribution in [0.15, 0.2) is 71.6 Å². The van der Waals surface area contributed by atoms with Gasteiger partial charge >= 0.3 is 12.2 Å². The van der Waals surface area contributed by atoms with Crippen LogP contribution >= 0.6 is 0 Å². The number of fused-ring (bicyclic) bond motifs is 3. The second-order valence-corrected chi connectivity index (χ2v) is 10.6. The monoisotopic (exact) mass is 508 g/mol. The number of amides is 2. The van der Waals surface area contributed by atoms with Crippen LogP contribution in [0.5, 0.6) is 0 Å². The van der Waals surface area contributed by atoms with Crippen molar-refractivity contribution >= 4 is 22.0 Å². The van der Waals surface area contributed by atoms with Gasteiger partial charge in [0, 0.05) is 19.5 Å². The van der Waals surface area contributed by atoms with E-state index in [-0.39, 0.29) is 36.3 Å². The summed E-state index contributed by atoms with van der Waals surface area (Å²) >= 11 is 0. The summed E-state index contributed by atoms with van der Waals surface area (Å²) in [7, 11) is -2.03. The molecule has 8 nitrogen and oxygen atoms in total. The number of carbonyl (C=O) groups is 2. The predicted molar refractivity (Wildman–Crippen MR) is 136 cm³/mol. The van der Waals surface area contributed by atoms with Crippen molar-refractivity contribution < 1.29 is 27.5 Å². The molecule has 0 saturated heterocycles. The van der Waals surface area contributed by atoms with Crippen LogP contribution in [0, 0.1) is 6.92 Å². The number of carbonyl (C=O) groups excluding carboxylic acids is 2. The van der Waals surface area contributed by atoms with Crippen LogP contribution < -0.4 is 10.6 Å². The van der Waals surface area contributed by atoms with Crippen molar-refractivity contribution in [1.29, 1.82) is 0 Å². The van der Waals surface area contributed by atoms with Crippen molar-refractivity contribution in [2.24, 2.45) is 0 Å². The fraction of sp³-hybridized carbons (Fsp3) is 0.259. The number of rotatable bonds is 8. The molecule has 1 aliphatic rings. The quantitative estimate of drug-likeness (QED) is 0.473. The molecule has 188 valence electrons. The molecule has 0 spiro atoms. The van der Waals surface area contributed by atoms with Gasteiger partial charge < -0.3 is 20.1 Å². The van der Waals surface area contributed by atoms with Crippen LogP contribution in [0.2, 0.25) is 0 Å². The van der Waals surface area contributed by atoms with Crippen LogP contribution in [-0.4, -0.2) is 46.6 Å². The molecule has 0 aromatic heterocycles. The second-order valence-electron chi connectivity index (χ2n) is 8.49. The number of ether oxygens (including phenoxy) is 2. The third kappa shape index (κ3) is 5.52. The Bertz CT molecular complexity index is 1370. The average Bonchev–Trinajstić information content (AvgIpc) is 3.20. The molecular formula is C27H28N2O6S. The van der Waals surface area contributed by atoms with Gasteiger partial charge in [-0.2, -0.15) is 0 Å². The minimum absolute atomic E-state index is 0.118. The Morgan fingerprint density at radius 1 is 0.889 bits per heavy atom. The van der Waals surface area contributed by atoms with Gasteiger partial charge in [0.15, 0.2) is 9.84 Å². The summed E-state index contributed by atoms with van der Waals surface area (Å²) in [5.74, 6) is -0.419. The minimum atomic E-state index is -3.55. The summed E-state index contributed by atoms with van der Waals surface area (Å²) < 4.78 is 35.4. The molecule has 4 rings (SSSR count). The van der Waals surface area contributed by atoms with Crippen molar-refractivity contribution in [1.82, 2.24) is 10.6 Å². The maximum atomic E-state index is 12.4. The molecule has 0 fully saturated rings. The maximum absolute atomic E-state index is 12.4. The van der Waals surface area contributed by atoms with E-state index in [2.05, 4.69) is 10.6 Å². The lowest BCUT2D eigenvalue weighted by atomic mass is 9.96. The first-order chi connectivity index (χ1) is 17.3. The number of nitrogens with one attached hydrogen (secondary N) is 2. The highest BCUT2D eigenvalue weighted by molar-refractivity contribution is 7.91. The Morgan fingerprint density at radius 2 is 1.61 bits per heavy atom. The fourth-order valence-electron chi connectivity index (χ4n) is 4.32. The van der Waals surface area contributed by atoms with E-state index in [0.717, 1.165) is 33.4 Å². The zero-order chi connectivity index (χ0) is 25.7. The first-order valence-electron chi connectivity index (χ1n) is 11.6. The number of hydrogen-bond acceptors (Lipinski definition) is 6. The zero-order valence-electron chi connectivity index (χ0n) is 20.1. The third-order valence-corrected chi connectivity index (χ3v) is 7.83. The summed E-state index contributed by atoms with van der Waals surface area (Å²) in [5.41, 5.74) is 5.91. The molecule has 2 amide bonds. The molecule has 1 unspecified atom stereocenters. The minimum Gasteiger partial charge on any atom is -0.449 e. The molecule has 0 saturated carbocycles. The lowest BCUT2D eigenvalue weighted by Gasteiger charge is -2.15. The molecule has 0 bridgehead atoms. The second kappa shape index (κ2) is 10.8. The van der Waals surface area contributed by atoms with Crippen LogP contribution in [0.4, 0.5) is 9.59 Å². The highest BCUT2D eigenvalue weighted by Crippen LogP contribution is 2.46. The Morgan fingerprint density at radius 3 is 2.36 bits per heavy atom. The van der Waals surface area contributed by atoms with Crippen molar-refractivity contribution in [3.63, 3.8) is 0 Å². The fourth-order valence-corrected chi connectivity index (χ4v) is 5.41. The van der Waals surface area contributed by atoms with Gasteiger partial charge in [0.2, 0.25) is 0 Å². The lowest BCUT2D eigenvalue weighted by Crippen LogP contribution is -2.26.